The maximum Gasteiger partial charge on any atom is 0.266 e. The molecule has 3 aromatic rings. The second-order valence-electron chi connectivity index (χ2n) is 4.84. The number of nitrogens with zero attached hydrogens (tertiary/aromatic N) is 2. The highest BCUT2D eigenvalue weighted by Crippen LogP contribution is 2.24. The van der Waals surface area contributed by atoms with Gasteiger partial charge in [-0.25, -0.2) is 0 Å². The molecule has 0 spiro atoms. The predicted octanol–water partition coefficient (Wildman–Crippen LogP) is 3.82. The van der Waals surface area contributed by atoms with E-state index in [1.165, 1.54) is 23.1 Å². The standard InChI is InChI=1S/C16H15N3O2S2/c1-10(14(20)17-15-18-19-16(22-2)23-15)21-13-8-7-11-5-3-4-6-12(11)9-13/h3-10H,1-2H3,(H,17,18,20)/t10-/m1/s1. The Balaban J connectivity index is 1.66. The van der Waals surface area contributed by atoms with Crippen LogP contribution in [-0.4, -0.2) is 28.5 Å². The maximum atomic E-state index is 12.2. The number of benzene rings is 2. The number of hydrogen-bond donors (Lipinski definition) is 1. The van der Waals surface area contributed by atoms with Gasteiger partial charge in [0.05, 0.1) is 0 Å². The van der Waals surface area contributed by atoms with Gasteiger partial charge in [-0.2, -0.15) is 0 Å². The molecule has 0 saturated carbocycles. The molecule has 1 aromatic heterocycles. The number of ether oxygens (including phenoxy) is 1. The van der Waals surface area contributed by atoms with Crippen LogP contribution in [0.4, 0.5) is 5.13 Å². The van der Waals surface area contributed by atoms with E-state index in [-0.39, 0.29) is 5.91 Å². The number of fused-ring (bicyclic) bond motifs is 1. The first-order chi connectivity index (χ1) is 11.2. The van der Waals surface area contributed by atoms with E-state index in [2.05, 4.69) is 15.5 Å². The van der Waals surface area contributed by atoms with Crippen molar-refractivity contribution in [3.05, 3.63) is 42.5 Å². The average Bonchev–Trinajstić information content (AvgIpc) is 3.02. The lowest BCUT2D eigenvalue weighted by Gasteiger charge is -2.14. The number of amides is 1. The summed E-state index contributed by atoms with van der Waals surface area (Å²) >= 11 is 2.83. The molecule has 0 saturated heterocycles. The van der Waals surface area contributed by atoms with Crippen LogP contribution in [0.15, 0.2) is 46.8 Å². The quantitative estimate of drug-likeness (QED) is 0.562. The van der Waals surface area contributed by atoms with E-state index >= 15 is 0 Å². The summed E-state index contributed by atoms with van der Waals surface area (Å²) in [6.07, 6.45) is 1.29. The number of aromatic nitrogens is 2. The molecule has 0 unspecified atom stereocenters. The van der Waals surface area contributed by atoms with Crippen molar-refractivity contribution in [1.29, 1.82) is 0 Å². The number of anilines is 1. The van der Waals surface area contributed by atoms with Crippen LogP contribution in [0, 0.1) is 0 Å². The van der Waals surface area contributed by atoms with Gasteiger partial charge < -0.3 is 4.74 Å². The predicted molar refractivity (Wildman–Crippen MR) is 94.4 cm³/mol. The minimum atomic E-state index is -0.627. The highest BCUT2D eigenvalue weighted by Gasteiger charge is 2.17. The molecule has 23 heavy (non-hydrogen) atoms. The number of carbonyl (C=O) groups is 1. The van der Waals surface area contributed by atoms with Gasteiger partial charge in [-0.05, 0) is 36.1 Å². The van der Waals surface area contributed by atoms with Crippen LogP contribution in [-0.2, 0) is 4.79 Å². The summed E-state index contributed by atoms with van der Waals surface area (Å²) in [6, 6.07) is 13.8. The fourth-order valence-corrected chi connectivity index (χ4v) is 3.22. The number of hydrogen-bond acceptors (Lipinski definition) is 6. The van der Waals surface area contributed by atoms with E-state index in [1.54, 1.807) is 6.92 Å². The van der Waals surface area contributed by atoms with Crippen LogP contribution in [0.25, 0.3) is 10.8 Å². The van der Waals surface area contributed by atoms with Crippen molar-refractivity contribution in [2.24, 2.45) is 0 Å². The Morgan fingerprint density at radius 2 is 2.00 bits per heavy atom. The molecule has 3 rings (SSSR count). The monoisotopic (exact) mass is 345 g/mol. The number of rotatable bonds is 5. The van der Waals surface area contributed by atoms with Gasteiger partial charge in [-0.1, -0.05) is 53.4 Å². The smallest absolute Gasteiger partial charge is 0.266 e. The summed E-state index contributed by atoms with van der Waals surface area (Å²) in [5.41, 5.74) is 0. The second kappa shape index (κ2) is 6.97. The van der Waals surface area contributed by atoms with Gasteiger partial charge in [0.1, 0.15) is 5.75 Å². The summed E-state index contributed by atoms with van der Waals surface area (Å²) < 4.78 is 6.54. The zero-order chi connectivity index (χ0) is 16.2. The third-order valence-electron chi connectivity index (χ3n) is 3.21. The molecule has 5 nitrogen and oxygen atoms in total. The largest absolute Gasteiger partial charge is 0.481 e. The molecule has 118 valence electrons. The molecule has 0 aliphatic rings. The molecular weight excluding hydrogens is 330 g/mol. The van der Waals surface area contributed by atoms with E-state index in [4.69, 9.17) is 4.74 Å². The van der Waals surface area contributed by atoms with Gasteiger partial charge >= 0.3 is 0 Å². The Kier molecular flexibility index (Phi) is 4.78. The van der Waals surface area contributed by atoms with Crippen molar-refractivity contribution >= 4 is 44.9 Å². The lowest BCUT2D eigenvalue weighted by Crippen LogP contribution is -2.30. The van der Waals surface area contributed by atoms with Crippen molar-refractivity contribution in [3.8, 4) is 5.75 Å². The molecule has 1 amide bonds. The van der Waals surface area contributed by atoms with Crippen molar-refractivity contribution in [3.63, 3.8) is 0 Å². The summed E-state index contributed by atoms with van der Waals surface area (Å²) in [6.45, 7) is 1.71. The van der Waals surface area contributed by atoms with E-state index < -0.39 is 6.10 Å². The molecule has 0 bridgehead atoms. The van der Waals surface area contributed by atoms with Crippen LogP contribution in [0.1, 0.15) is 6.92 Å². The van der Waals surface area contributed by atoms with Crippen LogP contribution < -0.4 is 10.1 Å². The first-order valence-electron chi connectivity index (χ1n) is 6.99. The molecule has 7 heteroatoms. The molecule has 0 aliphatic carbocycles. The SMILES string of the molecule is CSc1nnc(NC(=O)[C@@H](C)Oc2ccc3ccccc3c2)s1. The summed E-state index contributed by atoms with van der Waals surface area (Å²) in [5, 5.41) is 13.3. The van der Waals surface area contributed by atoms with Crippen molar-refractivity contribution in [2.75, 3.05) is 11.6 Å². The van der Waals surface area contributed by atoms with Crippen LogP contribution in [0.5, 0.6) is 5.75 Å². The fraction of sp³-hybridized carbons (Fsp3) is 0.188. The van der Waals surface area contributed by atoms with Gasteiger partial charge in [0, 0.05) is 0 Å². The van der Waals surface area contributed by atoms with E-state index in [0.717, 1.165) is 15.1 Å². The maximum absolute atomic E-state index is 12.2. The lowest BCUT2D eigenvalue weighted by molar-refractivity contribution is -0.122. The first kappa shape index (κ1) is 15.8. The van der Waals surface area contributed by atoms with Gasteiger partial charge in [0.2, 0.25) is 5.13 Å². The number of carbonyl (C=O) groups excluding carboxylic acids is 1. The molecule has 1 heterocycles. The van der Waals surface area contributed by atoms with E-state index in [1.807, 2.05) is 48.7 Å². The normalized spacial score (nSPS) is 12.1. The third kappa shape index (κ3) is 3.80. The summed E-state index contributed by atoms with van der Waals surface area (Å²) in [7, 11) is 0. The first-order valence-corrected chi connectivity index (χ1v) is 9.03. The molecule has 2 aromatic carbocycles. The molecule has 0 fully saturated rings. The minimum absolute atomic E-state index is 0.248. The topological polar surface area (TPSA) is 64.1 Å². The van der Waals surface area contributed by atoms with Crippen LogP contribution >= 0.6 is 23.1 Å². The van der Waals surface area contributed by atoms with Gasteiger partial charge in [0.15, 0.2) is 10.4 Å². The Labute approximate surface area is 142 Å². The Hall–Kier alpha value is -2.12. The Morgan fingerprint density at radius 3 is 2.74 bits per heavy atom. The van der Waals surface area contributed by atoms with Crippen molar-refractivity contribution < 1.29 is 9.53 Å². The second-order valence-corrected chi connectivity index (χ2v) is 6.87. The third-order valence-corrected chi connectivity index (χ3v) is 5.03. The Morgan fingerprint density at radius 1 is 1.22 bits per heavy atom. The molecule has 0 aliphatic heterocycles. The van der Waals surface area contributed by atoms with Gasteiger partial charge in [-0.15, -0.1) is 10.2 Å². The molecule has 1 N–H and O–H groups in total. The molecular formula is C16H15N3O2S2. The van der Waals surface area contributed by atoms with Crippen molar-refractivity contribution in [2.45, 2.75) is 17.4 Å². The number of nitrogens with one attached hydrogen (secondary N) is 1. The molecule has 1 atom stereocenters. The van der Waals surface area contributed by atoms with E-state index in [0.29, 0.717) is 10.9 Å². The zero-order valence-electron chi connectivity index (χ0n) is 12.6. The average molecular weight is 345 g/mol. The van der Waals surface area contributed by atoms with Gasteiger partial charge in [-0.3, -0.25) is 10.1 Å². The van der Waals surface area contributed by atoms with Gasteiger partial charge in [0.25, 0.3) is 5.91 Å². The van der Waals surface area contributed by atoms with Crippen LogP contribution in [0.3, 0.4) is 0 Å². The summed E-state index contributed by atoms with van der Waals surface area (Å²) in [4.78, 5) is 12.2. The fourth-order valence-electron chi connectivity index (χ4n) is 2.05. The highest BCUT2D eigenvalue weighted by molar-refractivity contribution is 8.00. The number of thioether (sulfide) groups is 1. The van der Waals surface area contributed by atoms with Crippen molar-refractivity contribution in [1.82, 2.24) is 10.2 Å². The van der Waals surface area contributed by atoms with E-state index in [9.17, 15) is 4.79 Å². The van der Waals surface area contributed by atoms with Crippen LogP contribution in [0.2, 0.25) is 0 Å². The molecule has 0 radical (unpaired) electrons. The summed E-state index contributed by atoms with van der Waals surface area (Å²) in [5.74, 6) is 0.412. The highest BCUT2D eigenvalue weighted by atomic mass is 32.2. The minimum Gasteiger partial charge on any atom is -0.481 e. The zero-order valence-corrected chi connectivity index (χ0v) is 14.3. The lowest BCUT2D eigenvalue weighted by atomic mass is 10.1. The Bertz CT molecular complexity index is 835.